The highest BCUT2D eigenvalue weighted by molar-refractivity contribution is 7.98. The molecule has 7 nitrogen and oxygen atoms in total. The van der Waals surface area contributed by atoms with Crippen LogP contribution in [0.2, 0.25) is 0 Å². The summed E-state index contributed by atoms with van der Waals surface area (Å²) in [5, 5.41) is 5.59. The van der Waals surface area contributed by atoms with Crippen molar-refractivity contribution >= 4 is 35.4 Å². The number of terminal acetylenes is 1. The van der Waals surface area contributed by atoms with Crippen LogP contribution in [-0.4, -0.2) is 46.5 Å². The topological polar surface area (TPSA) is 87.7 Å². The van der Waals surface area contributed by atoms with E-state index in [-0.39, 0.29) is 0 Å². The summed E-state index contributed by atoms with van der Waals surface area (Å²) in [5.74, 6) is -0.419. The van der Waals surface area contributed by atoms with Gasteiger partial charge in [-0.15, -0.1) is 0 Å². The maximum atomic E-state index is 13.8. The van der Waals surface area contributed by atoms with Crippen molar-refractivity contribution < 1.29 is 19.1 Å². The molecule has 0 aliphatic rings. The Bertz CT molecular complexity index is 1170. The quantitative estimate of drug-likeness (QED) is 0.341. The number of carbonyl (C=O) groups excluding carboxylic acids is 3. The second-order valence-corrected chi connectivity index (χ2v) is 10.8. The van der Waals surface area contributed by atoms with Gasteiger partial charge in [0.25, 0.3) is 11.8 Å². The minimum Gasteiger partial charge on any atom is -0.444 e. The molecule has 37 heavy (non-hydrogen) atoms. The summed E-state index contributed by atoms with van der Waals surface area (Å²) in [4.78, 5) is 41.2. The van der Waals surface area contributed by atoms with Gasteiger partial charge in [0, 0.05) is 11.7 Å². The monoisotopic (exact) mass is 523 g/mol. The van der Waals surface area contributed by atoms with Crippen molar-refractivity contribution in [3.8, 4) is 12.5 Å². The summed E-state index contributed by atoms with van der Waals surface area (Å²) in [7, 11) is 0. The van der Waals surface area contributed by atoms with Gasteiger partial charge in [0.2, 0.25) is 0 Å². The van der Waals surface area contributed by atoms with Crippen molar-refractivity contribution in [1.29, 1.82) is 0 Å². The predicted octanol–water partition coefficient (Wildman–Crippen LogP) is 5.36. The lowest BCUT2D eigenvalue weighted by Crippen LogP contribution is -2.51. The van der Waals surface area contributed by atoms with E-state index in [1.54, 1.807) is 32.9 Å². The molecule has 0 saturated heterocycles. The van der Waals surface area contributed by atoms with E-state index in [1.165, 1.54) is 11.8 Å². The van der Waals surface area contributed by atoms with Crippen molar-refractivity contribution in [2.75, 3.05) is 17.3 Å². The van der Waals surface area contributed by atoms with E-state index in [9.17, 15) is 14.4 Å². The maximum absolute atomic E-state index is 13.8. The van der Waals surface area contributed by atoms with E-state index in [4.69, 9.17) is 11.2 Å². The van der Waals surface area contributed by atoms with Crippen LogP contribution in [0.15, 0.2) is 42.5 Å². The fourth-order valence-corrected chi connectivity index (χ4v) is 4.23. The van der Waals surface area contributed by atoms with Crippen LogP contribution in [0.4, 0.5) is 10.5 Å². The zero-order chi connectivity index (χ0) is 27.8. The van der Waals surface area contributed by atoms with Gasteiger partial charge in [-0.2, -0.15) is 11.8 Å². The van der Waals surface area contributed by atoms with E-state index in [2.05, 4.69) is 16.7 Å². The molecule has 2 aromatic carbocycles. The Balaban J connectivity index is 2.51. The number of nitrogens with zero attached hydrogens (tertiary/aromatic N) is 1. The van der Waals surface area contributed by atoms with E-state index in [0.717, 1.165) is 21.6 Å². The summed E-state index contributed by atoms with van der Waals surface area (Å²) in [6.45, 7) is 10.9. The Kier molecular flexibility index (Phi) is 10.6. The first-order valence-electron chi connectivity index (χ1n) is 12.1. The van der Waals surface area contributed by atoms with Crippen molar-refractivity contribution in [3.63, 3.8) is 0 Å². The molecule has 2 rings (SSSR count). The van der Waals surface area contributed by atoms with Crippen molar-refractivity contribution in [2.45, 2.75) is 65.6 Å². The van der Waals surface area contributed by atoms with Crippen LogP contribution in [0, 0.1) is 33.2 Å². The smallest absolute Gasteiger partial charge is 0.408 e. The standard InChI is InChI=1S/C29H37N3O4S/c1-9-32(27(34)24(17-18-37-8)31-28(35)36-29(5,6)7)25(22-15-12-14-19(2)21(22)4)26(33)30-23-16-11-10-13-20(23)3/h1,10-16,24-25H,17-18H2,2-8H3,(H,30,33)(H,31,35). The Morgan fingerprint density at radius 2 is 1.70 bits per heavy atom. The molecule has 0 saturated carbocycles. The summed E-state index contributed by atoms with van der Waals surface area (Å²) < 4.78 is 5.37. The molecule has 198 valence electrons. The molecule has 2 atom stereocenters. The normalized spacial score (nSPS) is 12.6. The average Bonchev–Trinajstić information content (AvgIpc) is 2.82. The first-order valence-corrected chi connectivity index (χ1v) is 13.5. The number of amides is 3. The number of benzene rings is 2. The number of carbonyl (C=O) groups is 3. The number of para-hydroxylation sites is 1. The van der Waals surface area contributed by atoms with E-state index in [1.807, 2.05) is 57.4 Å². The van der Waals surface area contributed by atoms with E-state index < -0.39 is 35.6 Å². The van der Waals surface area contributed by atoms with Crippen LogP contribution in [0.1, 0.15) is 55.5 Å². The molecule has 0 radical (unpaired) electrons. The van der Waals surface area contributed by atoms with Gasteiger partial charge in [-0.05, 0) is 88.3 Å². The molecule has 0 heterocycles. The number of alkyl carbamates (subject to hydrolysis) is 1. The summed E-state index contributed by atoms with van der Waals surface area (Å²) in [6, 6.07) is 13.3. The number of ether oxygens (including phenoxy) is 1. The lowest BCUT2D eigenvalue weighted by Gasteiger charge is -2.31. The Labute approximate surface area is 224 Å². The molecule has 0 bridgehead atoms. The van der Waals surface area contributed by atoms with Crippen LogP contribution in [0.3, 0.4) is 0 Å². The van der Waals surface area contributed by atoms with Crippen LogP contribution >= 0.6 is 11.8 Å². The molecule has 2 N–H and O–H groups in total. The molecule has 2 unspecified atom stereocenters. The van der Waals surface area contributed by atoms with Crippen LogP contribution in [0.5, 0.6) is 0 Å². The third-order valence-corrected chi connectivity index (χ3v) is 6.47. The first kappa shape index (κ1) is 29.8. The van der Waals surface area contributed by atoms with Gasteiger partial charge in [0.15, 0.2) is 0 Å². The van der Waals surface area contributed by atoms with Gasteiger partial charge in [0.1, 0.15) is 17.7 Å². The zero-order valence-electron chi connectivity index (χ0n) is 22.7. The minimum atomic E-state index is -1.12. The van der Waals surface area contributed by atoms with E-state index >= 15 is 0 Å². The van der Waals surface area contributed by atoms with Gasteiger partial charge in [-0.25, -0.2) is 4.79 Å². The molecule has 0 spiro atoms. The third-order valence-electron chi connectivity index (χ3n) is 5.83. The highest BCUT2D eigenvalue weighted by Crippen LogP contribution is 2.29. The van der Waals surface area contributed by atoms with Crippen LogP contribution in [-0.2, 0) is 14.3 Å². The summed E-state index contributed by atoms with van der Waals surface area (Å²) in [6.07, 6.45) is 7.38. The number of thioether (sulfide) groups is 1. The maximum Gasteiger partial charge on any atom is 0.408 e. The number of rotatable bonds is 9. The summed E-state index contributed by atoms with van der Waals surface area (Å²) in [5.41, 5.74) is 3.18. The molecule has 2 aromatic rings. The number of hydrogen-bond acceptors (Lipinski definition) is 5. The number of anilines is 1. The van der Waals surface area contributed by atoms with Crippen molar-refractivity contribution in [1.82, 2.24) is 10.2 Å². The molecule has 3 amide bonds. The number of nitrogens with one attached hydrogen (secondary N) is 2. The van der Waals surface area contributed by atoms with Gasteiger partial charge in [-0.3, -0.25) is 14.5 Å². The Hall–Kier alpha value is -3.44. The number of hydrogen-bond donors (Lipinski definition) is 2. The molecule has 0 aromatic heterocycles. The lowest BCUT2D eigenvalue weighted by atomic mass is 9.95. The SMILES string of the molecule is C#CN(C(=O)C(CCSC)NC(=O)OC(C)(C)C)C(C(=O)Nc1ccccc1C)c1cccc(C)c1C. The molecule has 0 aliphatic carbocycles. The van der Waals surface area contributed by atoms with Crippen molar-refractivity contribution in [3.05, 3.63) is 64.7 Å². The molecule has 0 aliphatic heterocycles. The highest BCUT2D eigenvalue weighted by Gasteiger charge is 2.36. The minimum absolute atomic E-state index is 0.316. The average molecular weight is 524 g/mol. The fraction of sp³-hybridized carbons (Fsp3) is 0.414. The van der Waals surface area contributed by atoms with Gasteiger partial charge in [-0.1, -0.05) is 42.8 Å². The van der Waals surface area contributed by atoms with Crippen molar-refractivity contribution in [2.24, 2.45) is 0 Å². The summed E-state index contributed by atoms with van der Waals surface area (Å²) >= 11 is 1.53. The molecule has 0 fully saturated rings. The van der Waals surface area contributed by atoms with Gasteiger partial charge < -0.3 is 15.4 Å². The second kappa shape index (κ2) is 13.2. The van der Waals surface area contributed by atoms with Gasteiger partial charge >= 0.3 is 6.09 Å². The van der Waals surface area contributed by atoms with Gasteiger partial charge in [0.05, 0.1) is 0 Å². The Morgan fingerprint density at radius 1 is 1.05 bits per heavy atom. The van der Waals surface area contributed by atoms with Crippen LogP contribution < -0.4 is 10.6 Å². The Morgan fingerprint density at radius 3 is 2.30 bits per heavy atom. The number of aryl methyl sites for hydroxylation is 2. The third kappa shape index (κ3) is 8.29. The lowest BCUT2D eigenvalue weighted by molar-refractivity contribution is -0.136. The second-order valence-electron chi connectivity index (χ2n) is 9.81. The zero-order valence-corrected chi connectivity index (χ0v) is 23.5. The highest BCUT2D eigenvalue weighted by atomic mass is 32.2. The van der Waals surface area contributed by atoms with E-state index in [0.29, 0.717) is 23.4 Å². The molecular formula is C29H37N3O4S. The molecule has 8 heteroatoms. The fourth-order valence-electron chi connectivity index (χ4n) is 3.76. The largest absolute Gasteiger partial charge is 0.444 e. The van der Waals surface area contributed by atoms with Crippen LogP contribution in [0.25, 0.3) is 0 Å². The predicted molar refractivity (Wildman–Crippen MR) is 150 cm³/mol. The first-order chi connectivity index (χ1) is 17.4. The molecular weight excluding hydrogens is 486 g/mol.